The van der Waals surface area contributed by atoms with Crippen molar-refractivity contribution < 1.29 is 0 Å². The van der Waals surface area contributed by atoms with Gasteiger partial charge in [-0.05, 0) is 50.8 Å². The molecule has 1 N–H and O–H groups in total. The molecule has 0 bridgehead atoms. The van der Waals surface area contributed by atoms with Crippen molar-refractivity contribution in [2.24, 2.45) is 0 Å². The molecule has 1 fully saturated rings. The van der Waals surface area contributed by atoms with Gasteiger partial charge >= 0.3 is 0 Å². The highest BCUT2D eigenvalue weighted by Crippen LogP contribution is 2.38. The first-order chi connectivity index (χ1) is 9.69. The van der Waals surface area contributed by atoms with Gasteiger partial charge in [0.05, 0.1) is 10.7 Å². The molecule has 1 saturated heterocycles. The zero-order valence-corrected chi connectivity index (χ0v) is 13.7. The predicted molar refractivity (Wildman–Crippen MR) is 88.7 cm³/mol. The Morgan fingerprint density at radius 3 is 2.80 bits per heavy atom. The maximum Gasteiger partial charge on any atom is 0.0643 e. The summed E-state index contributed by atoms with van der Waals surface area (Å²) in [5, 5.41) is 4.40. The summed E-state index contributed by atoms with van der Waals surface area (Å²) in [6.07, 6.45) is 4.90. The van der Waals surface area contributed by atoms with Crippen LogP contribution in [0.4, 0.5) is 5.69 Å². The van der Waals surface area contributed by atoms with E-state index in [1.807, 2.05) is 6.07 Å². The maximum absolute atomic E-state index is 6.54. The van der Waals surface area contributed by atoms with E-state index in [0.717, 1.165) is 24.5 Å². The summed E-state index contributed by atoms with van der Waals surface area (Å²) >= 11 is 6.54. The summed E-state index contributed by atoms with van der Waals surface area (Å²) in [7, 11) is 0. The Balaban J connectivity index is 2.28. The first kappa shape index (κ1) is 15.7. The summed E-state index contributed by atoms with van der Waals surface area (Å²) in [6.45, 7) is 8.76. The fourth-order valence-corrected chi connectivity index (χ4v) is 3.56. The molecule has 0 amide bonds. The van der Waals surface area contributed by atoms with Crippen LogP contribution in [0.3, 0.4) is 0 Å². The SMILES string of the molecule is CCCNCc1cccc(Cl)c1N1C(C)CCC1CC. The van der Waals surface area contributed by atoms with E-state index < -0.39 is 0 Å². The molecular weight excluding hydrogens is 268 g/mol. The van der Waals surface area contributed by atoms with Crippen LogP contribution >= 0.6 is 11.6 Å². The molecule has 1 aliphatic heterocycles. The Hall–Kier alpha value is -0.730. The van der Waals surface area contributed by atoms with Crippen molar-refractivity contribution in [3.63, 3.8) is 0 Å². The second-order valence-electron chi connectivity index (χ2n) is 5.82. The molecule has 1 heterocycles. The molecule has 0 spiro atoms. The van der Waals surface area contributed by atoms with Crippen LogP contribution in [0.1, 0.15) is 52.0 Å². The van der Waals surface area contributed by atoms with E-state index in [4.69, 9.17) is 11.6 Å². The minimum atomic E-state index is 0.588. The van der Waals surface area contributed by atoms with Crippen LogP contribution in [-0.2, 0) is 6.54 Å². The van der Waals surface area contributed by atoms with Gasteiger partial charge in [-0.3, -0.25) is 0 Å². The first-order valence-corrected chi connectivity index (χ1v) is 8.33. The Kier molecular flexibility index (Phi) is 5.74. The van der Waals surface area contributed by atoms with Crippen molar-refractivity contribution in [3.05, 3.63) is 28.8 Å². The average Bonchev–Trinajstić information content (AvgIpc) is 2.80. The zero-order valence-electron chi connectivity index (χ0n) is 13.0. The van der Waals surface area contributed by atoms with Gasteiger partial charge in [-0.15, -0.1) is 0 Å². The van der Waals surface area contributed by atoms with Gasteiger partial charge in [-0.2, -0.15) is 0 Å². The van der Waals surface area contributed by atoms with E-state index in [0.29, 0.717) is 12.1 Å². The number of nitrogens with zero attached hydrogens (tertiary/aromatic N) is 1. The molecule has 3 heteroatoms. The Bertz CT molecular complexity index is 433. The Labute approximate surface area is 128 Å². The number of halogens is 1. The molecule has 112 valence electrons. The minimum absolute atomic E-state index is 0.588. The minimum Gasteiger partial charge on any atom is -0.364 e. The lowest BCUT2D eigenvalue weighted by Crippen LogP contribution is -2.35. The third-order valence-electron chi connectivity index (χ3n) is 4.33. The van der Waals surface area contributed by atoms with Gasteiger partial charge < -0.3 is 10.2 Å². The van der Waals surface area contributed by atoms with E-state index in [9.17, 15) is 0 Å². The number of nitrogens with one attached hydrogen (secondary N) is 1. The molecule has 2 nitrogen and oxygen atoms in total. The van der Waals surface area contributed by atoms with Crippen LogP contribution in [0.5, 0.6) is 0 Å². The van der Waals surface area contributed by atoms with Gasteiger partial charge in [0.1, 0.15) is 0 Å². The van der Waals surface area contributed by atoms with Gasteiger partial charge in [-0.25, -0.2) is 0 Å². The van der Waals surface area contributed by atoms with E-state index in [1.165, 1.54) is 30.5 Å². The predicted octanol–water partition coefficient (Wildman–Crippen LogP) is 4.61. The number of anilines is 1. The molecule has 2 unspecified atom stereocenters. The zero-order chi connectivity index (χ0) is 14.5. The van der Waals surface area contributed by atoms with Crippen LogP contribution in [-0.4, -0.2) is 18.6 Å². The summed E-state index contributed by atoms with van der Waals surface area (Å²) in [5.41, 5.74) is 2.59. The molecular formula is C17H27ClN2. The smallest absolute Gasteiger partial charge is 0.0643 e. The van der Waals surface area contributed by atoms with Crippen molar-refractivity contribution in [1.82, 2.24) is 5.32 Å². The monoisotopic (exact) mass is 294 g/mol. The lowest BCUT2D eigenvalue weighted by Gasteiger charge is -2.33. The van der Waals surface area contributed by atoms with Crippen molar-refractivity contribution in [3.8, 4) is 0 Å². The van der Waals surface area contributed by atoms with Gasteiger partial charge in [-0.1, -0.05) is 37.6 Å². The molecule has 0 radical (unpaired) electrons. The molecule has 1 aromatic rings. The largest absolute Gasteiger partial charge is 0.364 e. The van der Waals surface area contributed by atoms with Crippen LogP contribution < -0.4 is 10.2 Å². The summed E-state index contributed by atoms with van der Waals surface area (Å²) in [6, 6.07) is 7.52. The first-order valence-electron chi connectivity index (χ1n) is 7.95. The highest BCUT2D eigenvalue weighted by atomic mass is 35.5. The third-order valence-corrected chi connectivity index (χ3v) is 4.63. The molecule has 2 rings (SSSR count). The van der Waals surface area contributed by atoms with Gasteiger partial charge in [0, 0.05) is 18.6 Å². The lowest BCUT2D eigenvalue weighted by molar-refractivity contribution is 0.619. The van der Waals surface area contributed by atoms with Gasteiger partial charge in [0.25, 0.3) is 0 Å². The lowest BCUT2D eigenvalue weighted by atomic mass is 10.1. The van der Waals surface area contributed by atoms with Crippen molar-refractivity contribution in [2.75, 3.05) is 11.4 Å². The topological polar surface area (TPSA) is 15.3 Å². The van der Waals surface area contributed by atoms with Gasteiger partial charge in [0.15, 0.2) is 0 Å². The number of benzene rings is 1. The Morgan fingerprint density at radius 2 is 2.10 bits per heavy atom. The number of hydrogen-bond acceptors (Lipinski definition) is 2. The number of para-hydroxylation sites is 1. The summed E-state index contributed by atoms with van der Waals surface area (Å²) in [4.78, 5) is 2.56. The van der Waals surface area contributed by atoms with Crippen molar-refractivity contribution in [2.45, 2.75) is 65.1 Å². The molecule has 2 atom stereocenters. The normalized spacial score (nSPS) is 22.5. The summed E-state index contributed by atoms with van der Waals surface area (Å²) in [5.74, 6) is 0. The van der Waals surface area contributed by atoms with E-state index in [2.05, 4.69) is 43.1 Å². The van der Waals surface area contributed by atoms with Gasteiger partial charge in [0.2, 0.25) is 0 Å². The fourth-order valence-electron chi connectivity index (χ4n) is 3.27. The number of hydrogen-bond donors (Lipinski definition) is 1. The highest BCUT2D eigenvalue weighted by molar-refractivity contribution is 6.33. The van der Waals surface area contributed by atoms with Crippen LogP contribution in [0.15, 0.2) is 18.2 Å². The second kappa shape index (κ2) is 7.33. The van der Waals surface area contributed by atoms with E-state index in [1.54, 1.807) is 0 Å². The highest BCUT2D eigenvalue weighted by Gasteiger charge is 2.31. The van der Waals surface area contributed by atoms with Crippen molar-refractivity contribution >= 4 is 17.3 Å². The van der Waals surface area contributed by atoms with E-state index in [-0.39, 0.29) is 0 Å². The van der Waals surface area contributed by atoms with Crippen molar-refractivity contribution in [1.29, 1.82) is 0 Å². The fraction of sp³-hybridized carbons (Fsp3) is 0.647. The molecule has 1 aliphatic rings. The number of rotatable bonds is 6. The Morgan fingerprint density at radius 1 is 1.30 bits per heavy atom. The maximum atomic E-state index is 6.54. The quantitative estimate of drug-likeness (QED) is 0.771. The third kappa shape index (κ3) is 3.29. The summed E-state index contributed by atoms with van der Waals surface area (Å²) < 4.78 is 0. The standard InChI is InChI=1S/C17H27ClN2/c1-4-11-19-12-14-7-6-8-16(18)17(14)20-13(3)9-10-15(20)5-2/h6-8,13,15,19H,4-5,9-12H2,1-3H3. The van der Waals surface area contributed by atoms with Crippen LogP contribution in [0.25, 0.3) is 0 Å². The second-order valence-corrected chi connectivity index (χ2v) is 6.23. The average molecular weight is 295 g/mol. The van der Waals surface area contributed by atoms with E-state index >= 15 is 0 Å². The molecule has 1 aromatic carbocycles. The molecule has 0 aliphatic carbocycles. The van der Waals surface area contributed by atoms with Crippen LogP contribution in [0.2, 0.25) is 5.02 Å². The molecule has 0 saturated carbocycles. The molecule has 20 heavy (non-hydrogen) atoms. The molecule has 0 aromatic heterocycles. The van der Waals surface area contributed by atoms with Crippen LogP contribution in [0, 0.1) is 0 Å².